The lowest BCUT2D eigenvalue weighted by Gasteiger charge is -2.11. The van der Waals surface area contributed by atoms with Gasteiger partial charge < -0.3 is 0 Å². The van der Waals surface area contributed by atoms with Gasteiger partial charge in [-0.25, -0.2) is 0 Å². The van der Waals surface area contributed by atoms with E-state index in [0.29, 0.717) is 4.90 Å². The fraction of sp³-hybridized carbons (Fsp3) is 0.188. The maximum absolute atomic E-state index is 9.04. The van der Waals surface area contributed by atoms with Gasteiger partial charge in [0.25, 0.3) is 0 Å². The molecule has 0 aliphatic rings. The standard InChI is InChI=1S/C16H11Cl4NS/c17-12-11(9-21)13(18)15(20)16(14(12)19)22-8-4-7-10-5-2-1-3-6-10/h1-3,5-6H,4,7-8H2. The molecule has 0 aliphatic carbocycles. The molecule has 0 heterocycles. The third-order valence-electron chi connectivity index (χ3n) is 3.03. The summed E-state index contributed by atoms with van der Waals surface area (Å²) in [5.41, 5.74) is 1.41. The molecule has 0 aliphatic heterocycles. The Labute approximate surface area is 154 Å². The first kappa shape index (κ1) is 17.8. The van der Waals surface area contributed by atoms with Crippen LogP contribution in [0.1, 0.15) is 17.5 Å². The highest BCUT2D eigenvalue weighted by Crippen LogP contribution is 2.45. The minimum Gasteiger partial charge on any atom is -0.192 e. The Kier molecular flexibility index (Phi) is 6.74. The molecule has 0 unspecified atom stereocenters. The van der Waals surface area contributed by atoms with Crippen LogP contribution in [-0.2, 0) is 6.42 Å². The Bertz CT molecular complexity index is 681. The summed E-state index contributed by atoms with van der Waals surface area (Å²) in [5.74, 6) is 0.826. The average molecular weight is 391 g/mol. The molecule has 0 N–H and O–H groups in total. The number of aryl methyl sites for hydroxylation is 1. The van der Waals surface area contributed by atoms with Crippen LogP contribution in [0.4, 0.5) is 0 Å². The minimum absolute atomic E-state index is 0.118. The van der Waals surface area contributed by atoms with Crippen LogP contribution in [-0.4, -0.2) is 5.75 Å². The monoisotopic (exact) mass is 389 g/mol. The van der Waals surface area contributed by atoms with E-state index in [-0.39, 0.29) is 25.7 Å². The molecule has 22 heavy (non-hydrogen) atoms. The molecule has 0 radical (unpaired) electrons. The van der Waals surface area contributed by atoms with E-state index < -0.39 is 0 Å². The molecule has 0 atom stereocenters. The highest BCUT2D eigenvalue weighted by atomic mass is 35.5. The molecule has 1 nitrogen and oxygen atoms in total. The van der Waals surface area contributed by atoms with E-state index in [2.05, 4.69) is 12.1 Å². The Balaban J connectivity index is 2.06. The summed E-state index contributed by atoms with van der Waals surface area (Å²) in [5, 5.41) is 9.93. The van der Waals surface area contributed by atoms with Crippen LogP contribution >= 0.6 is 58.2 Å². The summed E-state index contributed by atoms with van der Waals surface area (Å²) in [4.78, 5) is 0.630. The lowest BCUT2D eigenvalue weighted by molar-refractivity contribution is 0.933. The summed E-state index contributed by atoms with van der Waals surface area (Å²) in [6.45, 7) is 0. The molecule has 0 bridgehead atoms. The molecular formula is C16H11Cl4NS. The number of rotatable bonds is 5. The summed E-state index contributed by atoms with van der Waals surface area (Å²) in [7, 11) is 0. The SMILES string of the molecule is N#Cc1c(Cl)c(Cl)c(SCCCc2ccccc2)c(Cl)c1Cl. The molecule has 0 amide bonds. The van der Waals surface area contributed by atoms with Crippen molar-refractivity contribution in [1.82, 2.24) is 0 Å². The van der Waals surface area contributed by atoms with E-state index >= 15 is 0 Å². The first-order valence-electron chi connectivity index (χ1n) is 6.49. The van der Waals surface area contributed by atoms with E-state index in [9.17, 15) is 0 Å². The zero-order valence-corrected chi connectivity index (χ0v) is 15.2. The molecule has 2 rings (SSSR count). The van der Waals surface area contributed by atoms with Crippen molar-refractivity contribution in [3.8, 4) is 6.07 Å². The van der Waals surface area contributed by atoms with E-state index in [1.807, 2.05) is 24.3 Å². The van der Waals surface area contributed by atoms with Gasteiger partial charge in [0.15, 0.2) is 0 Å². The van der Waals surface area contributed by atoms with Crippen molar-refractivity contribution in [2.75, 3.05) is 5.75 Å². The second-order valence-corrected chi connectivity index (χ2v) is 7.13. The molecule has 0 fully saturated rings. The van der Waals surface area contributed by atoms with Gasteiger partial charge in [-0.2, -0.15) is 5.26 Å². The Morgan fingerprint density at radius 2 is 1.50 bits per heavy atom. The van der Waals surface area contributed by atoms with Crippen molar-refractivity contribution < 1.29 is 0 Å². The lowest BCUT2D eigenvalue weighted by atomic mass is 10.1. The van der Waals surface area contributed by atoms with Crippen molar-refractivity contribution in [3.05, 3.63) is 61.5 Å². The maximum atomic E-state index is 9.04. The quantitative estimate of drug-likeness (QED) is 0.315. The molecule has 2 aromatic carbocycles. The smallest absolute Gasteiger partial charge is 0.102 e. The second-order valence-electron chi connectivity index (χ2n) is 4.51. The van der Waals surface area contributed by atoms with Crippen LogP contribution in [0.15, 0.2) is 35.2 Å². The van der Waals surface area contributed by atoms with Gasteiger partial charge in [0.2, 0.25) is 0 Å². The number of nitriles is 1. The van der Waals surface area contributed by atoms with Gasteiger partial charge in [-0.05, 0) is 24.2 Å². The summed E-state index contributed by atoms with van der Waals surface area (Å²) >= 11 is 26.1. The van der Waals surface area contributed by atoms with Crippen LogP contribution in [0.3, 0.4) is 0 Å². The van der Waals surface area contributed by atoms with E-state index in [0.717, 1.165) is 18.6 Å². The summed E-state index contributed by atoms with van der Waals surface area (Å²) < 4.78 is 0. The Morgan fingerprint density at radius 3 is 2.05 bits per heavy atom. The van der Waals surface area contributed by atoms with Gasteiger partial charge in [0.05, 0.1) is 25.7 Å². The van der Waals surface area contributed by atoms with Crippen molar-refractivity contribution in [2.45, 2.75) is 17.7 Å². The van der Waals surface area contributed by atoms with Crippen LogP contribution in [0.2, 0.25) is 20.1 Å². The number of hydrogen-bond donors (Lipinski definition) is 0. The van der Waals surface area contributed by atoms with Crippen LogP contribution in [0, 0.1) is 11.3 Å². The molecule has 0 saturated carbocycles. The predicted molar refractivity (Wildman–Crippen MR) is 96.7 cm³/mol. The summed E-state index contributed by atoms with van der Waals surface area (Å²) in [6, 6.07) is 12.2. The van der Waals surface area contributed by atoms with E-state index in [4.69, 9.17) is 51.7 Å². The minimum atomic E-state index is 0.118. The lowest BCUT2D eigenvalue weighted by Crippen LogP contribution is -1.91. The van der Waals surface area contributed by atoms with E-state index in [1.54, 1.807) is 0 Å². The highest BCUT2D eigenvalue weighted by molar-refractivity contribution is 7.99. The van der Waals surface area contributed by atoms with Crippen LogP contribution < -0.4 is 0 Å². The number of hydrogen-bond acceptors (Lipinski definition) is 2. The topological polar surface area (TPSA) is 23.8 Å². The average Bonchev–Trinajstić information content (AvgIpc) is 2.54. The number of nitrogens with zero attached hydrogens (tertiary/aromatic N) is 1. The third-order valence-corrected chi connectivity index (χ3v) is 6.15. The van der Waals surface area contributed by atoms with Gasteiger partial charge in [0.1, 0.15) is 6.07 Å². The van der Waals surface area contributed by atoms with E-state index in [1.165, 1.54) is 17.3 Å². The van der Waals surface area contributed by atoms with Gasteiger partial charge in [-0.15, -0.1) is 11.8 Å². The molecule has 114 valence electrons. The molecule has 0 saturated heterocycles. The van der Waals surface area contributed by atoms with Crippen LogP contribution in [0.5, 0.6) is 0 Å². The molecular weight excluding hydrogens is 380 g/mol. The third kappa shape index (κ3) is 4.04. The maximum Gasteiger partial charge on any atom is 0.102 e. The molecule has 2 aromatic rings. The van der Waals surface area contributed by atoms with Crippen molar-refractivity contribution in [1.29, 1.82) is 5.26 Å². The van der Waals surface area contributed by atoms with Gasteiger partial charge >= 0.3 is 0 Å². The van der Waals surface area contributed by atoms with Gasteiger partial charge in [0, 0.05) is 4.90 Å². The van der Waals surface area contributed by atoms with Crippen molar-refractivity contribution in [2.24, 2.45) is 0 Å². The molecule has 0 aromatic heterocycles. The first-order chi connectivity index (χ1) is 10.6. The second kappa shape index (κ2) is 8.34. The normalized spacial score (nSPS) is 10.5. The number of halogens is 4. The predicted octanol–water partition coefficient (Wildman–Crippen LogP) is 6.90. The zero-order chi connectivity index (χ0) is 16.1. The highest BCUT2D eigenvalue weighted by Gasteiger charge is 2.20. The fourth-order valence-corrected chi connectivity index (χ4v) is 4.26. The van der Waals surface area contributed by atoms with Crippen molar-refractivity contribution >= 4 is 58.2 Å². The number of thioether (sulfide) groups is 1. The Hall–Kier alpha value is -0.560. The van der Waals surface area contributed by atoms with Crippen LogP contribution in [0.25, 0.3) is 0 Å². The first-order valence-corrected chi connectivity index (χ1v) is 8.98. The van der Waals surface area contributed by atoms with Gasteiger partial charge in [-0.1, -0.05) is 76.7 Å². The zero-order valence-electron chi connectivity index (χ0n) is 11.4. The molecule has 0 spiro atoms. The Morgan fingerprint density at radius 1 is 0.909 bits per heavy atom. The summed E-state index contributed by atoms with van der Waals surface area (Å²) in [6.07, 6.45) is 1.94. The molecule has 6 heteroatoms. The van der Waals surface area contributed by atoms with Crippen molar-refractivity contribution in [3.63, 3.8) is 0 Å². The van der Waals surface area contributed by atoms with Gasteiger partial charge in [-0.3, -0.25) is 0 Å². The number of benzene rings is 2. The largest absolute Gasteiger partial charge is 0.192 e. The fourth-order valence-electron chi connectivity index (χ4n) is 1.93.